The van der Waals surface area contributed by atoms with Crippen LogP contribution in [0.5, 0.6) is 0 Å². The summed E-state index contributed by atoms with van der Waals surface area (Å²) in [6, 6.07) is 0. The summed E-state index contributed by atoms with van der Waals surface area (Å²) in [5, 5.41) is 0. The lowest BCUT2D eigenvalue weighted by Gasteiger charge is -2.39. The van der Waals surface area contributed by atoms with Crippen molar-refractivity contribution in [2.45, 2.75) is 52.9 Å². The molecule has 0 radical (unpaired) electrons. The van der Waals surface area contributed by atoms with Gasteiger partial charge in [-0.25, -0.2) is 0 Å². The van der Waals surface area contributed by atoms with Crippen LogP contribution in [0.15, 0.2) is 0 Å². The predicted molar refractivity (Wildman–Crippen MR) is 78.9 cm³/mol. The van der Waals surface area contributed by atoms with Crippen LogP contribution in [-0.2, 0) is 4.79 Å². The smallest absolute Gasteiger partial charge is 0.230 e. The van der Waals surface area contributed by atoms with Gasteiger partial charge in [0.25, 0.3) is 0 Å². The van der Waals surface area contributed by atoms with Crippen LogP contribution in [0.2, 0.25) is 0 Å². The van der Waals surface area contributed by atoms with Crippen molar-refractivity contribution in [2.24, 2.45) is 17.1 Å². The number of hydrogen-bond acceptors (Lipinski definition) is 2. The minimum Gasteiger partial charge on any atom is -0.342 e. The van der Waals surface area contributed by atoms with Gasteiger partial charge in [0, 0.05) is 19.6 Å². The van der Waals surface area contributed by atoms with Gasteiger partial charge in [-0.05, 0) is 31.6 Å². The number of hydrogen-bond donors (Lipinski definition) is 1. The molecule has 0 aromatic carbocycles. The largest absolute Gasteiger partial charge is 0.342 e. The average Bonchev–Trinajstić information content (AvgIpc) is 2.41. The van der Waals surface area contributed by atoms with Crippen molar-refractivity contribution in [2.75, 3.05) is 19.6 Å². The molecule has 0 aromatic heterocycles. The maximum atomic E-state index is 12.6. The van der Waals surface area contributed by atoms with Crippen molar-refractivity contribution in [3.8, 4) is 0 Å². The number of rotatable bonds is 5. The summed E-state index contributed by atoms with van der Waals surface area (Å²) >= 11 is 0. The minimum atomic E-state index is -0.310. The zero-order valence-corrected chi connectivity index (χ0v) is 12.9. The van der Waals surface area contributed by atoms with E-state index in [-0.39, 0.29) is 17.8 Å². The van der Waals surface area contributed by atoms with E-state index < -0.39 is 0 Å². The summed E-state index contributed by atoms with van der Waals surface area (Å²) in [6.45, 7) is 8.72. The monoisotopic (exact) mass is 276 g/mol. The minimum absolute atomic E-state index is 0. The van der Waals surface area contributed by atoms with Gasteiger partial charge >= 0.3 is 0 Å². The van der Waals surface area contributed by atoms with Crippen molar-refractivity contribution < 1.29 is 4.79 Å². The van der Waals surface area contributed by atoms with E-state index in [2.05, 4.69) is 25.7 Å². The number of nitrogens with zero attached hydrogens (tertiary/aromatic N) is 1. The SMILES string of the molecule is CCC1CCCN(C(=O)C(CC)(CC)CN)C1.Cl. The van der Waals surface area contributed by atoms with Crippen LogP contribution in [0.3, 0.4) is 0 Å². The molecular formula is C14H29ClN2O. The van der Waals surface area contributed by atoms with Crippen LogP contribution >= 0.6 is 12.4 Å². The standard InChI is InChI=1S/C14H28N2O.ClH/c1-4-12-8-7-9-16(10-12)13(17)14(5-2,6-3)11-15;/h12H,4-11,15H2,1-3H3;1H. The van der Waals surface area contributed by atoms with Gasteiger partial charge in [-0.3, -0.25) is 4.79 Å². The fourth-order valence-electron chi connectivity index (χ4n) is 2.85. The molecule has 1 fully saturated rings. The molecule has 0 aliphatic carbocycles. The highest BCUT2D eigenvalue weighted by atomic mass is 35.5. The summed E-state index contributed by atoms with van der Waals surface area (Å²) in [4.78, 5) is 14.7. The Morgan fingerprint density at radius 2 is 1.94 bits per heavy atom. The highest BCUT2D eigenvalue weighted by molar-refractivity contribution is 5.85. The van der Waals surface area contributed by atoms with Crippen molar-refractivity contribution in [3.05, 3.63) is 0 Å². The Balaban J connectivity index is 0.00000289. The molecule has 1 heterocycles. The van der Waals surface area contributed by atoms with Crippen molar-refractivity contribution >= 4 is 18.3 Å². The molecule has 0 bridgehead atoms. The molecule has 3 nitrogen and oxygen atoms in total. The van der Waals surface area contributed by atoms with Crippen LogP contribution in [0.4, 0.5) is 0 Å². The van der Waals surface area contributed by atoms with E-state index in [4.69, 9.17) is 5.73 Å². The first-order valence-electron chi connectivity index (χ1n) is 7.13. The third kappa shape index (κ3) is 3.61. The van der Waals surface area contributed by atoms with Gasteiger partial charge in [0.05, 0.1) is 5.41 Å². The van der Waals surface area contributed by atoms with Gasteiger partial charge in [-0.2, -0.15) is 0 Å². The van der Waals surface area contributed by atoms with Gasteiger partial charge in [0.15, 0.2) is 0 Å². The summed E-state index contributed by atoms with van der Waals surface area (Å²) in [5.74, 6) is 0.986. The molecule has 108 valence electrons. The zero-order chi connectivity index (χ0) is 12.9. The molecule has 4 heteroatoms. The summed E-state index contributed by atoms with van der Waals surface area (Å²) in [7, 11) is 0. The van der Waals surface area contributed by atoms with Crippen LogP contribution in [0, 0.1) is 11.3 Å². The van der Waals surface area contributed by atoms with Crippen molar-refractivity contribution in [1.82, 2.24) is 4.90 Å². The number of likely N-dealkylation sites (tertiary alicyclic amines) is 1. The molecule has 0 saturated carbocycles. The first-order valence-corrected chi connectivity index (χ1v) is 7.13. The lowest BCUT2D eigenvalue weighted by Crippen LogP contribution is -2.50. The molecule has 1 atom stereocenters. The van der Waals surface area contributed by atoms with E-state index in [0.717, 1.165) is 32.4 Å². The average molecular weight is 277 g/mol. The Morgan fingerprint density at radius 1 is 1.33 bits per heavy atom. The molecule has 1 rings (SSSR count). The Bertz CT molecular complexity index is 246. The summed E-state index contributed by atoms with van der Waals surface area (Å²) in [5.41, 5.74) is 5.55. The molecular weight excluding hydrogens is 248 g/mol. The molecule has 0 spiro atoms. The van der Waals surface area contributed by atoms with E-state index in [0.29, 0.717) is 18.4 Å². The number of carbonyl (C=O) groups excluding carboxylic acids is 1. The Hall–Kier alpha value is -0.280. The number of nitrogens with two attached hydrogens (primary N) is 1. The van der Waals surface area contributed by atoms with Crippen LogP contribution in [-0.4, -0.2) is 30.4 Å². The summed E-state index contributed by atoms with van der Waals surface area (Å²) in [6.07, 6.45) is 5.31. The Kier molecular flexibility index (Phi) is 7.88. The van der Waals surface area contributed by atoms with Crippen molar-refractivity contribution in [3.63, 3.8) is 0 Å². The number of amides is 1. The van der Waals surface area contributed by atoms with Gasteiger partial charge in [-0.15, -0.1) is 12.4 Å². The molecule has 1 unspecified atom stereocenters. The van der Waals surface area contributed by atoms with E-state index in [9.17, 15) is 4.79 Å². The Labute approximate surface area is 118 Å². The van der Waals surface area contributed by atoms with E-state index >= 15 is 0 Å². The number of piperidine rings is 1. The van der Waals surface area contributed by atoms with E-state index in [1.54, 1.807) is 0 Å². The van der Waals surface area contributed by atoms with Crippen LogP contribution < -0.4 is 5.73 Å². The highest BCUT2D eigenvalue weighted by Crippen LogP contribution is 2.30. The first-order chi connectivity index (χ1) is 8.13. The Morgan fingerprint density at radius 3 is 2.39 bits per heavy atom. The molecule has 1 saturated heterocycles. The van der Waals surface area contributed by atoms with Gasteiger partial charge in [-0.1, -0.05) is 27.2 Å². The number of carbonyl (C=O) groups is 1. The molecule has 18 heavy (non-hydrogen) atoms. The molecule has 0 aromatic rings. The topological polar surface area (TPSA) is 46.3 Å². The van der Waals surface area contributed by atoms with Crippen LogP contribution in [0.1, 0.15) is 52.9 Å². The summed E-state index contributed by atoms with van der Waals surface area (Å²) < 4.78 is 0. The van der Waals surface area contributed by atoms with E-state index in [1.807, 2.05) is 0 Å². The molecule has 1 aliphatic heterocycles. The lowest BCUT2D eigenvalue weighted by atomic mass is 9.80. The van der Waals surface area contributed by atoms with Gasteiger partial charge in [0.2, 0.25) is 5.91 Å². The third-order valence-corrected chi connectivity index (χ3v) is 4.58. The first kappa shape index (κ1) is 17.7. The quantitative estimate of drug-likeness (QED) is 0.839. The maximum absolute atomic E-state index is 12.6. The second-order valence-electron chi connectivity index (χ2n) is 5.36. The fourth-order valence-corrected chi connectivity index (χ4v) is 2.85. The number of halogens is 1. The van der Waals surface area contributed by atoms with Gasteiger partial charge in [0.1, 0.15) is 0 Å². The molecule has 1 aliphatic rings. The van der Waals surface area contributed by atoms with Crippen LogP contribution in [0.25, 0.3) is 0 Å². The lowest BCUT2D eigenvalue weighted by molar-refractivity contribution is -0.144. The van der Waals surface area contributed by atoms with E-state index in [1.165, 1.54) is 12.8 Å². The predicted octanol–water partition coefficient (Wildman–Crippen LogP) is 2.82. The maximum Gasteiger partial charge on any atom is 0.230 e. The molecule has 2 N–H and O–H groups in total. The highest BCUT2D eigenvalue weighted by Gasteiger charge is 2.38. The third-order valence-electron chi connectivity index (χ3n) is 4.58. The van der Waals surface area contributed by atoms with Crippen molar-refractivity contribution in [1.29, 1.82) is 0 Å². The fraction of sp³-hybridized carbons (Fsp3) is 0.929. The second kappa shape index (κ2) is 8.00. The molecule has 1 amide bonds. The zero-order valence-electron chi connectivity index (χ0n) is 12.1. The second-order valence-corrected chi connectivity index (χ2v) is 5.36. The van der Waals surface area contributed by atoms with Gasteiger partial charge < -0.3 is 10.6 Å². The normalized spacial score (nSPS) is 20.4.